The maximum absolute atomic E-state index is 12.0. The second kappa shape index (κ2) is 6.96. The van der Waals surface area contributed by atoms with Gasteiger partial charge in [0.25, 0.3) is 0 Å². The number of likely N-dealkylation sites (tertiary alicyclic amines) is 1. The first-order valence-electron chi connectivity index (χ1n) is 7.73. The molecule has 8 heteroatoms. The van der Waals surface area contributed by atoms with Crippen LogP contribution in [0.4, 0.5) is 10.6 Å². The van der Waals surface area contributed by atoms with Gasteiger partial charge in [-0.25, -0.2) is 14.6 Å². The van der Waals surface area contributed by atoms with Crippen molar-refractivity contribution in [2.75, 3.05) is 25.4 Å². The molecule has 1 fully saturated rings. The largest absolute Gasteiger partial charge is 0.462 e. The van der Waals surface area contributed by atoms with Crippen molar-refractivity contribution in [2.24, 2.45) is 0 Å². The summed E-state index contributed by atoms with van der Waals surface area (Å²) in [5, 5.41) is 0. The Morgan fingerprint density at radius 3 is 2.58 bits per heavy atom. The van der Waals surface area contributed by atoms with Crippen LogP contribution in [0.2, 0.25) is 0 Å². The molecule has 1 saturated heterocycles. The van der Waals surface area contributed by atoms with Gasteiger partial charge in [-0.05, 0) is 49.7 Å². The fraction of sp³-hybridized carbons (Fsp3) is 0.562. The standard InChI is InChI=1S/C16H22BrN3O4/c1-5-23-14(21)10-6-11(17)12(19-13(10)18)9-7-20(8-9)15(22)24-16(2,3)4/h6,9H,5,7-8H2,1-4H3,(H2,18,19). The zero-order valence-corrected chi connectivity index (χ0v) is 15.8. The second-order valence-electron chi connectivity index (χ2n) is 6.59. The Kier molecular flexibility index (Phi) is 5.37. The first kappa shape index (κ1) is 18.5. The molecule has 0 aliphatic carbocycles. The summed E-state index contributed by atoms with van der Waals surface area (Å²) in [5.41, 5.74) is 6.31. The van der Waals surface area contributed by atoms with Gasteiger partial charge in [-0.1, -0.05) is 0 Å². The van der Waals surface area contributed by atoms with E-state index in [9.17, 15) is 9.59 Å². The summed E-state index contributed by atoms with van der Waals surface area (Å²) in [6.07, 6.45) is -0.342. The molecule has 0 bridgehead atoms. The van der Waals surface area contributed by atoms with E-state index in [4.69, 9.17) is 15.2 Å². The highest BCUT2D eigenvalue weighted by molar-refractivity contribution is 9.10. The number of esters is 1. The number of carbonyl (C=O) groups excluding carboxylic acids is 2. The molecule has 132 valence electrons. The number of anilines is 1. The highest BCUT2D eigenvalue weighted by Crippen LogP contribution is 2.33. The molecular weight excluding hydrogens is 378 g/mol. The molecule has 7 nitrogen and oxygen atoms in total. The Hall–Kier alpha value is -1.83. The summed E-state index contributed by atoms with van der Waals surface area (Å²) < 4.78 is 11.0. The predicted octanol–water partition coefficient (Wildman–Crippen LogP) is 2.94. The minimum atomic E-state index is -0.521. The molecule has 2 rings (SSSR count). The monoisotopic (exact) mass is 399 g/mol. The van der Waals surface area contributed by atoms with Gasteiger partial charge in [0.1, 0.15) is 17.0 Å². The molecule has 24 heavy (non-hydrogen) atoms. The van der Waals surface area contributed by atoms with Crippen LogP contribution in [0.15, 0.2) is 10.5 Å². The Labute approximate surface area is 149 Å². The minimum Gasteiger partial charge on any atom is -0.462 e. The van der Waals surface area contributed by atoms with Crippen LogP contribution < -0.4 is 5.73 Å². The molecule has 0 saturated carbocycles. The third-order valence-electron chi connectivity index (χ3n) is 3.45. The molecule has 0 aromatic carbocycles. The van der Waals surface area contributed by atoms with Gasteiger partial charge >= 0.3 is 12.1 Å². The van der Waals surface area contributed by atoms with Gasteiger partial charge in [0.15, 0.2) is 0 Å². The van der Waals surface area contributed by atoms with Gasteiger partial charge < -0.3 is 20.1 Å². The Balaban J connectivity index is 2.06. The molecule has 1 aromatic heterocycles. The van der Waals surface area contributed by atoms with Crippen molar-refractivity contribution in [1.29, 1.82) is 0 Å². The molecule has 1 aromatic rings. The van der Waals surface area contributed by atoms with E-state index in [-0.39, 0.29) is 30.0 Å². The third-order valence-corrected chi connectivity index (χ3v) is 4.08. The van der Waals surface area contributed by atoms with Crippen molar-refractivity contribution >= 4 is 33.8 Å². The van der Waals surface area contributed by atoms with Crippen molar-refractivity contribution in [3.05, 3.63) is 21.8 Å². The van der Waals surface area contributed by atoms with Crippen molar-refractivity contribution in [3.63, 3.8) is 0 Å². The fourth-order valence-corrected chi connectivity index (χ4v) is 2.95. The molecule has 2 heterocycles. The van der Waals surface area contributed by atoms with Crippen molar-refractivity contribution in [1.82, 2.24) is 9.88 Å². The highest BCUT2D eigenvalue weighted by atomic mass is 79.9. The molecular formula is C16H22BrN3O4. The van der Waals surface area contributed by atoms with E-state index >= 15 is 0 Å². The molecule has 0 unspecified atom stereocenters. The van der Waals surface area contributed by atoms with Crippen molar-refractivity contribution in [2.45, 2.75) is 39.2 Å². The average Bonchev–Trinajstić information content (AvgIpc) is 2.38. The number of halogens is 1. The van der Waals surface area contributed by atoms with E-state index in [2.05, 4.69) is 20.9 Å². The zero-order chi connectivity index (χ0) is 18.1. The molecule has 1 amide bonds. The summed E-state index contributed by atoms with van der Waals surface area (Å²) in [5.74, 6) is -0.327. The molecule has 1 aliphatic rings. The molecule has 2 N–H and O–H groups in total. The third kappa shape index (κ3) is 4.17. The maximum atomic E-state index is 12.0. The van der Waals surface area contributed by atoms with Crippen LogP contribution in [0, 0.1) is 0 Å². The Morgan fingerprint density at radius 2 is 2.04 bits per heavy atom. The number of ether oxygens (including phenoxy) is 2. The van der Waals surface area contributed by atoms with E-state index in [1.165, 1.54) is 0 Å². The minimum absolute atomic E-state index is 0.0467. The predicted molar refractivity (Wildman–Crippen MR) is 92.9 cm³/mol. The van der Waals surface area contributed by atoms with Gasteiger partial charge in [-0.2, -0.15) is 0 Å². The normalized spacial score (nSPS) is 15.0. The number of hydrogen-bond donors (Lipinski definition) is 1. The maximum Gasteiger partial charge on any atom is 0.410 e. The number of amides is 1. The van der Waals surface area contributed by atoms with Crippen LogP contribution in [0.25, 0.3) is 0 Å². The van der Waals surface area contributed by atoms with E-state index in [0.717, 1.165) is 5.69 Å². The van der Waals surface area contributed by atoms with Gasteiger partial charge in [0.2, 0.25) is 0 Å². The van der Waals surface area contributed by atoms with Gasteiger partial charge in [-0.15, -0.1) is 0 Å². The SMILES string of the molecule is CCOC(=O)c1cc(Br)c(C2CN(C(=O)OC(C)(C)C)C2)nc1N. The number of aromatic nitrogens is 1. The number of hydrogen-bond acceptors (Lipinski definition) is 6. The number of nitrogen functional groups attached to an aromatic ring is 1. The summed E-state index contributed by atoms with van der Waals surface area (Å²) in [7, 11) is 0. The number of nitrogens with two attached hydrogens (primary N) is 1. The molecule has 1 aliphatic heterocycles. The van der Waals surface area contributed by atoms with Crippen LogP contribution in [0.3, 0.4) is 0 Å². The first-order valence-corrected chi connectivity index (χ1v) is 8.52. The number of carbonyl (C=O) groups is 2. The zero-order valence-electron chi connectivity index (χ0n) is 14.3. The van der Waals surface area contributed by atoms with E-state index in [0.29, 0.717) is 17.6 Å². The Morgan fingerprint density at radius 1 is 1.42 bits per heavy atom. The van der Waals surface area contributed by atoms with Crippen LogP contribution in [-0.4, -0.2) is 47.2 Å². The number of pyridine rings is 1. The number of nitrogens with zero attached hydrogens (tertiary/aromatic N) is 2. The van der Waals surface area contributed by atoms with Gasteiger partial charge in [0, 0.05) is 23.5 Å². The van der Waals surface area contributed by atoms with E-state index in [1.54, 1.807) is 17.9 Å². The number of rotatable bonds is 3. The van der Waals surface area contributed by atoms with Gasteiger partial charge in [-0.3, -0.25) is 0 Å². The summed E-state index contributed by atoms with van der Waals surface area (Å²) >= 11 is 3.42. The topological polar surface area (TPSA) is 94.8 Å². The van der Waals surface area contributed by atoms with Crippen LogP contribution in [0.5, 0.6) is 0 Å². The summed E-state index contributed by atoms with van der Waals surface area (Å²) in [6.45, 7) is 8.48. The Bertz CT molecular complexity index is 651. The lowest BCUT2D eigenvalue weighted by Crippen LogP contribution is -2.50. The molecule has 0 radical (unpaired) electrons. The first-order chi connectivity index (χ1) is 11.1. The van der Waals surface area contributed by atoms with Crippen molar-refractivity contribution in [3.8, 4) is 0 Å². The van der Waals surface area contributed by atoms with E-state index in [1.807, 2.05) is 20.8 Å². The van der Waals surface area contributed by atoms with Crippen LogP contribution in [-0.2, 0) is 9.47 Å². The lowest BCUT2D eigenvalue weighted by molar-refractivity contribution is 0.00782. The summed E-state index contributed by atoms with van der Waals surface area (Å²) in [6, 6.07) is 1.62. The van der Waals surface area contributed by atoms with Crippen LogP contribution in [0.1, 0.15) is 49.7 Å². The summed E-state index contributed by atoms with van der Waals surface area (Å²) in [4.78, 5) is 29.7. The molecule has 0 spiro atoms. The van der Waals surface area contributed by atoms with Crippen molar-refractivity contribution < 1.29 is 19.1 Å². The lowest BCUT2D eigenvalue weighted by Gasteiger charge is -2.39. The van der Waals surface area contributed by atoms with Gasteiger partial charge in [0.05, 0.1) is 12.3 Å². The van der Waals surface area contributed by atoms with E-state index < -0.39 is 11.6 Å². The quantitative estimate of drug-likeness (QED) is 0.784. The average molecular weight is 400 g/mol. The second-order valence-corrected chi connectivity index (χ2v) is 7.45. The lowest BCUT2D eigenvalue weighted by atomic mass is 9.95. The highest BCUT2D eigenvalue weighted by Gasteiger charge is 2.36. The molecule has 0 atom stereocenters. The fourth-order valence-electron chi connectivity index (χ4n) is 2.30. The van der Waals surface area contributed by atoms with Crippen LogP contribution >= 0.6 is 15.9 Å². The smallest absolute Gasteiger partial charge is 0.410 e.